The number of aromatic nitrogens is 1. The molecule has 82 valence electrons. The Hall–Kier alpha value is -0.540. The summed E-state index contributed by atoms with van der Waals surface area (Å²) in [5, 5.41) is 4.38. The summed E-state index contributed by atoms with van der Waals surface area (Å²) in [6.07, 6.45) is 5.12. The summed E-state index contributed by atoms with van der Waals surface area (Å²) >= 11 is 2.07. The second-order valence-electron chi connectivity index (χ2n) is 4.15. The Balaban J connectivity index is 1.90. The number of nitrogens with one attached hydrogen (secondary N) is 1. The topological polar surface area (TPSA) is 24.9 Å². The second kappa shape index (κ2) is 4.99. The molecule has 2 heterocycles. The largest absolute Gasteiger partial charge is 0.309 e. The molecule has 2 rings (SSSR count). The summed E-state index contributed by atoms with van der Waals surface area (Å²) in [4.78, 5) is 4.16. The number of nitrogens with zero attached hydrogens (tertiary/aromatic N) is 1. The molecule has 0 saturated carbocycles. The normalized spacial score (nSPS) is 25.7. The summed E-state index contributed by atoms with van der Waals surface area (Å²) in [7, 11) is 0. The van der Waals surface area contributed by atoms with E-state index in [0.29, 0.717) is 6.04 Å². The molecule has 1 N–H and O–H groups in total. The fraction of sp³-hybridized carbons (Fsp3) is 0.583. The lowest BCUT2D eigenvalue weighted by Gasteiger charge is -2.17. The van der Waals surface area contributed by atoms with Crippen molar-refractivity contribution in [3.63, 3.8) is 0 Å². The minimum Gasteiger partial charge on any atom is -0.309 e. The molecule has 3 heteroatoms. The Kier molecular flexibility index (Phi) is 3.65. The van der Waals surface area contributed by atoms with Crippen LogP contribution in [0.2, 0.25) is 0 Å². The molecule has 15 heavy (non-hydrogen) atoms. The van der Waals surface area contributed by atoms with E-state index in [9.17, 15) is 0 Å². The predicted molar refractivity (Wildman–Crippen MR) is 66.1 cm³/mol. The molecule has 0 spiro atoms. The van der Waals surface area contributed by atoms with Crippen molar-refractivity contribution in [3.05, 3.63) is 29.6 Å². The first kappa shape index (κ1) is 11.0. The van der Waals surface area contributed by atoms with Gasteiger partial charge in [0, 0.05) is 30.2 Å². The predicted octanol–water partition coefficient (Wildman–Crippen LogP) is 2.37. The van der Waals surface area contributed by atoms with Crippen molar-refractivity contribution in [2.24, 2.45) is 0 Å². The number of thioether (sulfide) groups is 1. The van der Waals surface area contributed by atoms with Crippen molar-refractivity contribution in [1.82, 2.24) is 10.3 Å². The number of rotatable bonds is 3. The van der Waals surface area contributed by atoms with Crippen LogP contribution in [0.1, 0.15) is 24.5 Å². The third-order valence-electron chi connectivity index (χ3n) is 3.08. The van der Waals surface area contributed by atoms with Gasteiger partial charge in [-0.2, -0.15) is 11.8 Å². The Labute approximate surface area is 95.9 Å². The van der Waals surface area contributed by atoms with Crippen LogP contribution in [0.4, 0.5) is 0 Å². The lowest BCUT2D eigenvalue weighted by atomic mass is 10.1. The highest BCUT2D eigenvalue weighted by atomic mass is 32.2. The van der Waals surface area contributed by atoms with Crippen LogP contribution in [-0.2, 0) is 6.54 Å². The maximum absolute atomic E-state index is 4.16. The highest BCUT2D eigenvalue weighted by molar-refractivity contribution is 8.00. The maximum atomic E-state index is 4.16. The van der Waals surface area contributed by atoms with Gasteiger partial charge in [-0.05, 0) is 36.3 Å². The van der Waals surface area contributed by atoms with Gasteiger partial charge in [0.2, 0.25) is 0 Å². The van der Waals surface area contributed by atoms with E-state index >= 15 is 0 Å². The molecular weight excluding hydrogens is 204 g/mol. The molecule has 1 fully saturated rings. The average molecular weight is 222 g/mol. The van der Waals surface area contributed by atoms with Crippen LogP contribution in [0, 0.1) is 6.92 Å². The number of hydrogen-bond donors (Lipinski definition) is 1. The molecule has 2 atom stereocenters. The molecule has 2 unspecified atom stereocenters. The third-order valence-corrected chi connectivity index (χ3v) is 4.40. The van der Waals surface area contributed by atoms with E-state index in [1.807, 2.05) is 12.4 Å². The number of hydrogen-bond acceptors (Lipinski definition) is 3. The zero-order chi connectivity index (χ0) is 10.7. The van der Waals surface area contributed by atoms with Crippen molar-refractivity contribution in [3.8, 4) is 0 Å². The van der Waals surface area contributed by atoms with E-state index in [-0.39, 0.29) is 0 Å². The van der Waals surface area contributed by atoms with Crippen molar-refractivity contribution in [2.45, 2.75) is 38.1 Å². The Morgan fingerprint density at radius 2 is 2.47 bits per heavy atom. The molecule has 1 aromatic rings. The number of pyridine rings is 1. The van der Waals surface area contributed by atoms with E-state index in [1.165, 1.54) is 23.3 Å². The summed E-state index contributed by atoms with van der Waals surface area (Å²) in [6.45, 7) is 5.41. The van der Waals surface area contributed by atoms with E-state index in [2.05, 4.69) is 42.0 Å². The van der Waals surface area contributed by atoms with Gasteiger partial charge in [0.1, 0.15) is 0 Å². The van der Waals surface area contributed by atoms with E-state index in [0.717, 1.165) is 11.8 Å². The Morgan fingerprint density at radius 1 is 1.60 bits per heavy atom. The zero-order valence-corrected chi connectivity index (χ0v) is 10.2. The van der Waals surface area contributed by atoms with Crippen LogP contribution in [-0.4, -0.2) is 22.0 Å². The maximum Gasteiger partial charge on any atom is 0.0315 e. The molecule has 0 bridgehead atoms. The quantitative estimate of drug-likeness (QED) is 0.850. The monoisotopic (exact) mass is 222 g/mol. The molecule has 0 aromatic carbocycles. The number of aryl methyl sites for hydroxylation is 1. The van der Waals surface area contributed by atoms with Gasteiger partial charge in [-0.25, -0.2) is 0 Å². The van der Waals surface area contributed by atoms with Crippen molar-refractivity contribution < 1.29 is 0 Å². The first-order chi connectivity index (χ1) is 7.27. The van der Waals surface area contributed by atoms with Crippen LogP contribution in [0.5, 0.6) is 0 Å². The van der Waals surface area contributed by atoms with Gasteiger partial charge in [0.15, 0.2) is 0 Å². The molecule has 1 aromatic heterocycles. The van der Waals surface area contributed by atoms with E-state index in [1.54, 1.807) is 0 Å². The summed E-state index contributed by atoms with van der Waals surface area (Å²) < 4.78 is 0. The van der Waals surface area contributed by atoms with Crippen LogP contribution < -0.4 is 5.32 Å². The average Bonchev–Trinajstić information content (AvgIpc) is 2.63. The van der Waals surface area contributed by atoms with Crippen molar-refractivity contribution >= 4 is 11.8 Å². The summed E-state index contributed by atoms with van der Waals surface area (Å²) in [5.41, 5.74) is 2.65. The first-order valence-corrected chi connectivity index (χ1v) is 6.56. The van der Waals surface area contributed by atoms with Crippen LogP contribution >= 0.6 is 11.8 Å². The van der Waals surface area contributed by atoms with Crippen LogP contribution in [0.3, 0.4) is 0 Å². The molecule has 1 saturated heterocycles. The summed E-state index contributed by atoms with van der Waals surface area (Å²) in [5.74, 6) is 1.30. The van der Waals surface area contributed by atoms with Gasteiger partial charge >= 0.3 is 0 Å². The highest BCUT2D eigenvalue weighted by Crippen LogP contribution is 2.26. The van der Waals surface area contributed by atoms with Crippen LogP contribution in [0.25, 0.3) is 0 Å². The first-order valence-electron chi connectivity index (χ1n) is 5.52. The molecule has 1 aliphatic rings. The fourth-order valence-electron chi connectivity index (χ4n) is 1.92. The standard InChI is InChI=1S/C12H18N2S/c1-9-3-5-13-7-11(9)8-14-12-4-6-15-10(12)2/h3,5,7,10,12,14H,4,6,8H2,1-2H3. The highest BCUT2D eigenvalue weighted by Gasteiger charge is 2.23. The Bertz CT molecular complexity index is 327. The summed E-state index contributed by atoms with van der Waals surface area (Å²) in [6, 6.07) is 2.75. The molecule has 1 aliphatic heterocycles. The lowest BCUT2D eigenvalue weighted by Crippen LogP contribution is -2.33. The minimum absolute atomic E-state index is 0.676. The molecule has 0 radical (unpaired) electrons. The fourth-order valence-corrected chi connectivity index (χ4v) is 3.15. The molecule has 0 amide bonds. The SMILES string of the molecule is Cc1ccncc1CNC1CCSC1C. The Morgan fingerprint density at radius 3 is 3.13 bits per heavy atom. The molecular formula is C12H18N2S. The van der Waals surface area contributed by atoms with Crippen LogP contribution in [0.15, 0.2) is 18.5 Å². The van der Waals surface area contributed by atoms with Gasteiger partial charge in [-0.15, -0.1) is 0 Å². The van der Waals surface area contributed by atoms with E-state index < -0.39 is 0 Å². The third kappa shape index (κ3) is 2.73. The second-order valence-corrected chi connectivity index (χ2v) is 5.64. The van der Waals surface area contributed by atoms with E-state index in [4.69, 9.17) is 0 Å². The zero-order valence-electron chi connectivity index (χ0n) is 9.36. The van der Waals surface area contributed by atoms with Gasteiger partial charge in [-0.1, -0.05) is 6.92 Å². The van der Waals surface area contributed by atoms with Gasteiger partial charge < -0.3 is 5.32 Å². The van der Waals surface area contributed by atoms with Gasteiger partial charge in [0.25, 0.3) is 0 Å². The van der Waals surface area contributed by atoms with Gasteiger partial charge in [-0.3, -0.25) is 4.98 Å². The molecule has 2 nitrogen and oxygen atoms in total. The van der Waals surface area contributed by atoms with Crippen molar-refractivity contribution in [2.75, 3.05) is 5.75 Å². The molecule has 0 aliphatic carbocycles. The van der Waals surface area contributed by atoms with Crippen molar-refractivity contribution in [1.29, 1.82) is 0 Å². The smallest absolute Gasteiger partial charge is 0.0315 e. The minimum atomic E-state index is 0.676. The van der Waals surface area contributed by atoms with Gasteiger partial charge in [0.05, 0.1) is 0 Å². The lowest BCUT2D eigenvalue weighted by molar-refractivity contribution is 0.511.